The van der Waals surface area contributed by atoms with Gasteiger partial charge in [-0.05, 0) is 37.3 Å². The van der Waals surface area contributed by atoms with Crippen molar-refractivity contribution in [1.29, 1.82) is 5.26 Å². The fourth-order valence-electron chi connectivity index (χ4n) is 3.28. The van der Waals surface area contributed by atoms with Crippen molar-refractivity contribution in [2.45, 2.75) is 27.7 Å². The molecule has 0 saturated heterocycles. The number of Topliss-reactive ketones (excluding diaryl/α,β-unsaturated/α-hetero) is 1. The van der Waals surface area contributed by atoms with E-state index in [1.807, 2.05) is 33.8 Å². The van der Waals surface area contributed by atoms with Gasteiger partial charge in [-0.3, -0.25) is 9.59 Å². The number of amides is 1. The first kappa shape index (κ1) is 18.7. The van der Waals surface area contributed by atoms with E-state index in [2.05, 4.69) is 11.4 Å². The lowest BCUT2D eigenvalue weighted by Crippen LogP contribution is -2.30. The van der Waals surface area contributed by atoms with Gasteiger partial charge in [-0.15, -0.1) is 0 Å². The summed E-state index contributed by atoms with van der Waals surface area (Å²) >= 11 is 0. The molecule has 2 rings (SSSR count). The topological polar surface area (TPSA) is 79.2 Å². The molecule has 1 aromatic carbocycles. The summed E-state index contributed by atoms with van der Waals surface area (Å²) in [5.74, 6) is -2.02. The van der Waals surface area contributed by atoms with Crippen LogP contribution in [0.2, 0.25) is 0 Å². The molecule has 132 valence electrons. The van der Waals surface area contributed by atoms with Crippen molar-refractivity contribution in [2.75, 3.05) is 12.4 Å². The number of nitriles is 1. The number of nitrogens with one attached hydrogen (secondary N) is 1. The summed E-state index contributed by atoms with van der Waals surface area (Å²) in [6, 6.07) is 8.76. The van der Waals surface area contributed by atoms with Crippen LogP contribution < -0.4 is 10.1 Å². The molecule has 1 N–H and O–H groups in total. The first-order valence-electron chi connectivity index (χ1n) is 8.26. The van der Waals surface area contributed by atoms with E-state index in [0.717, 1.165) is 5.57 Å². The van der Waals surface area contributed by atoms with Gasteiger partial charge in [0.1, 0.15) is 5.75 Å². The summed E-state index contributed by atoms with van der Waals surface area (Å²) in [6.45, 7) is 7.94. The van der Waals surface area contributed by atoms with Crippen molar-refractivity contribution in [3.8, 4) is 11.8 Å². The summed E-state index contributed by atoms with van der Waals surface area (Å²) in [6.07, 6.45) is 2.05. The number of hydrogen-bond acceptors (Lipinski definition) is 4. The van der Waals surface area contributed by atoms with E-state index in [9.17, 15) is 14.9 Å². The number of carbonyl (C=O) groups excluding carboxylic acids is 2. The summed E-state index contributed by atoms with van der Waals surface area (Å²) < 4.78 is 5.18. The Labute approximate surface area is 148 Å². The van der Waals surface area contributed by atoms with Crippen LogP contribution >= 0.6 is 0 Å². The molecule has 0 radical (unpaired) electrons. The number of anilines is 1. The van der Waals surface area contributed by atoms with Crippen LogP contribution in [0.4, 0.5) is 5.69 Å². The van der Waals surface area contributed by atoms with Crippen LogP contribution in [0.1, 0.15) is 27.7 Å². The van der Waals surface area contributed by atoms with Crippen LogP contribution in [-0.2, 0) is 9.59 Å². The van der Waals surface area contributed by atoms with Gasteiger partial charge in [-0.2, -0.15) is 5.26 Å². The quantitative estimate of drug-likeness (QED) is 0.634. The zero-order chi connectivity index (χ0) is 18.8. The Hall–Kier alpha value is -2.61. The summed E-state index contributed by atoms with van der Waals surface area (Å²) in [5.41, 5.74) is 1.34. The van der Waals surface area contributed by atoms with Gasteiger partial charge in [0, 0.05) is 5.92 Å². The molecular weight excluding hydrogens is 316 g/mol. The molecule has 0 bridgehead atoms. The number of allylic oxidation sites excluding steroid dienone is 2. The summed E-state index contributed by atoms with van der Waals surface area (Å²) in [7, 11) is 1.49. The van der Waals surface area contributed by atoms with E-state index < -0.39 is 11.8 Å². The van der Waals surface area contributed by atoms with Gasteiger partial charge in [-0.1, -0.05) is 37.6 Å². The van der Waals surface area contributed by atoms with Crippen molar-refractivity contribution in [1.82, 2.24) is 0 Å². The zero-order valence-electron chi connectivity index (χ0n) is 15.3. The highest BCUT2D eigenvalue weighted by atomic mass is 16.5. The van der Waals surface area contributed by atoms with Gasteiger partial charge in [0.25, 0.3) is 0 Å². The fourth-order valence-corrected chi connectivity index (χ4v) is 3.28. The minimum Gasteiger partial charge on any atom is -0.495 e. The second kappa shape index (κ2) is 7.10. The second-order valence-corrected chi connectivity index (χ2v) is 7.22. The molecule has 0 spiro atoms. The molecule has 5 heteroatoms. The molecule has 1 aliphatic rings. The van der Waals surface area contributed by atoms with Crippen molar-refractivity contribution in [3.63, 3.8) is 0 Å². The Morgan fingerprint density at radius 1 is 1.32 bits per heavy atom. The molecule has 1 aliphatic carbocycles. The number of carbonyl (C=O) groups is 2. The van der Waals surface area contributed by atoms with Crippen molar-refractivity contribution in [3.05, 3.63) is 35.9 Å². The van der Waals surface area contributed by atoms with E-state index in [1.54, 1.807) is 24.3 Å². The zero-order valence-corrected chi connectivity index (χ0v) is 15.3. The number of ketones is 1. The van der Waals surface area contributed by atoms with E-state index >= 15 is 0 Å². The Bertz CT molecular complexity index is 754. The molecule has 5 nitrogen and oxygen atoms in total. The maximum atomic E-state index is 12.8. The van der Waals surface area contributed by atoms with Gasteiger partial charge in [0.15, 0.2) is 11.7 Å². The number of rotatable bonds is 6. The Kier molecular flexibility index (Phi) is 5.32. The normalized spacial score (nSPS) is 21.4. The first-order chi connectivity index (χ1) is 11.7. The van der Waals surface area contributed by atoms with E-state index in [0.29, 0.717) is 11.4 Å². The highest BCUT2D eigenvalue weighted by Gasteiger charge is 2.61. The van der Waals surface area contributed by atoms with Crippen LogP contribution in [0.25, 0.3) is 0 Å². The molecule has 25 heavy (non-hydrogen) atoms. The Morgan fingerprint density at radius 2 is 1.96 bits per heavy atom. The van der Waals surface area contributed by atoms with Crippen LogP contribution in [-0.4, -0.2) is 18.8 Å². The maximum Gasteiger partial charge on any atom is 0.249 e. The average Bonchev–Trinajstić information content (AvgIpc) is 3.08. The molecule has 3 atom stereocenters. The third-order valence-electron chi connectivity index (χ3n) is 4.77. The van der Waals surface area contributed by atoms with Gasteiger partial charge < -0.3 is 10.1 Å². The van der Waals surface area contributed by atoms with Gasteiger partial charge in [0.05, 0.1) is 18.9 Å². The lowest BCUT2D eigenvalue weighted by Gasteiger charge is -2.12. The molecule has 0 heterocycles. The predicted molar refractivity (Wildman–Crippen MR) is 95.9 cm³/mol. The predicted octanol–water partition coefficient (Wildman–Crippen LogP) is 3.58. The number of ether oxygens (including phenoxy) is 1. The molecule has 0 aliphatic heterocycles. The molecule has 1 saturated carbocycles. The van der Waals surface area contributed by atoms with Gasteiger partial charge in [-0.25, -0.2) is 0 Å². The third-order valence-corrected chi connectivity index (χ3v) is 4.77. The molecular formula is C20H24N2O3. The monoisotopic (exact) mass is 340 g/mol. The van der Waals surface area contributed by atoms with Crippen LogP contribution in [0.15, 0.2) is 35.9 Å². The number of nitrogens with zero attached hydrogens (tertiary/aromatic N) is 1. The summed E-state index contributed by atoms with van der Waals surface area (Å²) in [5, 5.41) is 12.0. The highest BCUT2D eigenvalue weighted by molar-refractivity contribution is 6.11. The number of benzene rings is 1. The van der Waals surface area contributed by atoms with Crippen molar-refractivity contribution >= 4 is 17.4 Å². The lowest BCUT2D eigenvalue weighted by molar-refractivity contribution is -0.130. The largest absolute Gasteiger partial charge is 0.495 e. The van der Waals surface area contributed by atoms with Crippen LogP contribution in [0, 0.1) is 34.5 Å². The minimum absolute atomic E-state index is 0.0694. The average molecular weight is 340 g/mol. The van der Waals surface area contributed by atoms with E-state index in [4.69, 9.17) is 4.74 Å². The third kappa shape index (κ3) is 3.74. The SMILES string of the molecule is COc1ccccc1NC(=O)[C@H](C#N)C(=O)[C@H]1[C@H](C=C(C)C)C1(C)C. The Morgan fingerprint density at radius 3 is 2.52 bits per heavy atom. The van der Waals surface area contributed by atoms with Gasteiger partial charge >= 0.3 is 0 Å². The number of hydrogen-bond donors (Lipinski definition) is 1. The number of para-hydroxylation sites is 2. The van der Waals surface area contributed by atoms with Crippen LogP contribution in [0.3, 0.4) is 0 Å². The van der Waals surface area contributed by atoms with E-state index in [1.165, 1.54) is 7.11 Å². The second-order valence-electron chi connectivity index (χ2n) is 7.22. The maximum absolute atomic E-state index is 12.8. The highest BCUT2D eigenvalue weighted by Crippen LogP contribution is 2.60. The van der Waals surface area contributed by atoms with Gasteiger partial charge in [0.2, 0.25) is 5.91 Å². The lowest BCUT2D eigenvalue weighted by atomic mass is 9.96. The Balaban J connectivity index is 2.17. The fraction of sp³-hybridized carbons (Fsp3) is 0.450. The van der Waals surface area contributed by atoms with E-state index in [-0.39, 0.29) is 23.0 Å². The first-order valence-corrected chi connectivity index (χ1v) is 8.26. The molecule has 1 fully saturated rings. The smallest absolute Gasteiger partial charge is 0.249 e. The van der Waals surface area contributed by atoms with Crippen LogP contribution in [0.5, 0.6) is 5.75 Å². The molecule has 0 aromatic heterocycles. The molecule has 0 unspecified atom stereocenters. The molecule has 1 aromatic rings. The molecule has 1 amide bonds. The van der Waals surface area contributed by atoms with Crippen molar-refractivity contribution in [2.24, 2.45) is 23.2 Å². The number of methoxy groups -OCH3 is 1. The minimum atomic E-state index is -1.33. The van der Waals surface area contributed by atoms with Crippen molar-refractivity contribution < 1.29 is 14.3 Å². The summed E-state index contributed by atoms with van der Waals surface area (Å²) in [4.78, 5) is 25.3. The standard InChI is InChI=1S/C20H24N2O3/c1-12(2)10-14-17(20(14,3)4)18(23)13(11-21)19(24)22-15-8-6-7-9-16(15)25-5/h6-10,13-14,17H,1-5H3,(H,22,24)/t13-,14+,17-/m1/s1.